The lowest BCUT2D eigenvalue weighted by atomic mass is 9.86. The van der Waals surface area contributed by atoms with Gasteiger partial charge in [0.15, 0.2) is 9.84 Å². The fourth-order valence-electron chi connectivity index (χ4n) is 8.35. The van der Waals surface area contributed by atoms with Crippen LogP contribution in [0.2, 0.25) is 0 Å². The molecule has 0 saturated carbocycles. The summed E-state index contributed by atoms with van der Waals surface area (Å²) in [6, 6.07) is 24.8. The van der Waals surface area contributed by atoms with E-state index in [-0.39, 0.29) is 20.9 Å². The molecule has 0 N–H and O–H groups in total. The van der Waals surface area contributed by atoms with Gasteiger partial charge in [-0.1, -0.05) is 24.3 Å². The summed E-state index contributed by atoms with van der Waals surface area (Å²) in [7, 11) is -4.26. The zero-order valence-corrected chi connectivity index (χ0v) is 29.2. The maximum Gasteiger partial charge on any atom is 0.264 e. The van der Waals surface area contributed by atoms with Crippen LogP contribution in [0.3, 0.4) is 0 Å². The topological polar surface area (TPSA) is 140 Å². The van der Waals surface area contributed by atoms with Gasteiger partial charge in [0.25, 0.3) is 11.1 Å². The van der Waals surface area contributed by atoms with E-state index in [0.717, 1.165) is 64.4 Å². The number of fused-ring (bicyclic) bond motifs is 10. The number of rotatable bonds is 3. The smallest absolute Gasteiger partial charge is 0.264 e. The molecule has 4 aromatic heterocycles. The minimum atomic E-state index is -3.72. The zero-order chi connectivity index (χ0) is 35.7. The lowest BCUT2D eigenvalue weighted by Gasteiger charge is -2.18. The van der Waals surface area contributed by atoms with E-state index < -0.39 is 19.9 Å². The number of pyridine rings is 2. The molecule has 0 aliphatic rings. The SMILES string of the molecule is CN(C)S(=O)(=O)c1ccc2c(c1)nc1c3ccc4c5ccc6c(=O)n7c8ccc(S(C)(=O)=O)cc8nc7c7ccc(c8ccc(c(=O)n21)c3c84)c5c67. The molecule has 4 heterocycles. The summed E-state index contributed by atoms with van der Waals surface area (Å²) in [4.78, 5) is 38.3. The van der Waals surface area contributed by atoms with Gasteiger partial charge in [-0.15, -0.1) is 0 Å². The van der Waals surface area contributed by atoms with Crippen LogP contribution in [0.25, 0.3) is 98.0 Å². The molecular weight excluding hydrogens is 699 g/mol. The van der Waals surface area contributed by atoms with E-state index in [2.05, 4.69) is 0 Å². The van der Waals surface area contributed by atoms with Crippen LogP contribution >= 0.6 is 0 Å². The third-order valence-electron chi connectivity index (χ3n) is 10.7. The second kappa shape index (κ2) is 9.25. The average molecular weight is 722 g/mol. The number of sulfone groups is 1. The number of hydrogen-bond acceptors (Lipinski definition) is 8. The molecule has 0 aliphatic heterocycles. The highest BCUT2D eigenvalue weighted by atomic mass is 32.2. The van der Waals surface area contributed by atoms with E-state index in [0.29, 0.717) is 44.1 Å². The Kier molecular flexibility index (Phi) is 5.28. The molecule has 0 saturated heterocycles. The predicted molar refractivity (Wildman–Crippen MR) is 204 cm³/mol. The van der Waals surface area contributed by atoms with E-state index >= 15 is 0 Å². The summed E-state index contributed by atoms with van der Waals surface area (Å²) in [5.41, 5.74) is 2.25. The van der Waals surface area contributed by atoms with Gasteiger partial charge in [-0.05, 0) is 93.0 Å². The summed E-state index contributed by atoms with van der Waals surface area (Å²) in [5.74, 6) is 0. The van der Waals surface area contributed by atoms with E-state index in [1.54, 1.807) is 20.9 Å². The van der Waals surface area contributed by atoms with Crippen molar-refractivity contribution in [3.8, 4) is 0 Å². The van der Waals surface area contributed by atoms with Gasteiger partial charge in [0.1, 0.15) is 11.3 Å². The fourth-order valence-corrected chi connectivity index (χ4v) is 9.92. The number of imidazole rings is 2. The Hall–Kier alpha value is -6.02. The number of sulfonamides is 1. The third kappa shape index (κ3) is 3.43. The highest BCUT2D eigenvalue weighted by Crippen LogP contribution is 2.45. The molecule has 252 valence electrons. The lowest BCUT2D eigenvalue weighted by Crippen LogP contribution is -2.22. The molecule has 0 spiro atoms. The Labute approximate surface area is 292 Å². The first-order chi connectivity index (χ1) is 24.8. The molecule has 13 heteroatoms. The quantitative estimate of drug-likeness (QED) is 0.162. The van der Waals surface area contributed by atoms with Crippen molar-refractivity contribution in [2.24, 2.45) is 0 Å². The molecule has 0 aliphatic carbocycles. The first-order valence-electron chi connectivity index (χ1n) is 16.3. The molecule has 0 atom stereocenters. The number of aromatic nitrogens is 4. The second-order valence-corrected chi connectivity index (χ2v) is 17.8. The van der Waals surface area contributed by atoms with Crippen molar-refractivity contribution in [2.45, 2.75) is 9.79 Å². The van der Waals surface area contributed by atoms with Crippen molar-refractivity contribution in [3.05, 3.63) is 106 Å². The molecular formula is C39H23N5O6S2. The van der Waals surface area contributed by atoms with Gasteiger partial charge < -0.3 is 0 Å². The molecule has 11 nitrogen and oxygen atoms in total. The molecule has 0 bridgehead atoms. The number of benzene rings is 7. The maximum atomic E-state index is 14.3. The minimum absolute atomic E-state index is 0.0897. The van der Waals surface area contributed by atoms with Crippen LogP contribution < -0.4 is 11.1 Å². The van der Waals surface area contributed by atoms with Gasteiger partial charge in [0, 0.05) is 52.7 Å². The molecule has 11 aromatic rings. The summed E-state index contributed by atoms with van der Waals surface area (Å²) in [5, 5.41) is 9.53. The Morgan fingerprint density at radius 3 is 1.29 bits per heavy atom. The highest BCUT2D eigenvalue weighted by molar-refractivity contribution is 7.90. The standard InChI is InChI=1S/C39H23N5O6S2/c1-42(2)52(49,50)19-5-15-31-29(17-19)41-37-25-11-7-21-22-8-12-26-34-24(36-40-28-16-18(51(3,47)48)4-14-30(28)43(36)38(26)45)10-6-20(32(22)34)23-9-13-27(35(25)33(21)23)39(46)44(31)37/h4-17H,1-3H3. The van der Waals surface area contributed by atoms with E-state index in [1.807, 2.05) is 48.5 Å². The van der Waals surface area contributed by atoms with E-state index in [1.165, 1.54) is 38.4 Å². The maximum absolute atomic E-state index is 14.3. The van der Waals surface area contributed by atoms with Crippen molar-refractivity contribution in [2.75, 3.05) is 20.4 Å². The van der Waals surface area contributed by atoms with Crippen LogP contribution in [-0.2, 0) is 19.9 Å². The Bertz CT molecular complexity index is 3800. The van der Waals surface area contributed by atoms with Crippen molar-refractivity contribution in [1.82, 2.24) is 23.1 Å². The highest BCUT2D eigenvalue weighted by Gasteiger charge is 2.25. The van der Waals surface area contributed by atoms with E-state index in [4.69, 9.17) is 9.97 Å². The average Bonchev–Trinajstić information content (AvgIpc) is 3.71. The van der Waals surface area contributed by atoms with E-state index in [9.17, 15) is 26.4 Å². The molecule has 11 rings (SSSR count). The predicted octanol–water partition coefficient (Wildman–Crippen LogP) is 5.90. The van der Waals surface area contributed by atoms with Crippen molar-refractivity contribution in [3.63, 3.8) is 0 Å². The van der Waals surface area contributed by atoms with Crippen molar-refractivity contribution < 1.29 is 16.8 Å². The van der Waals surface area contributed by atoms with Gasteiger partial charge in [-0.3, -0.25) is 18.4 Å². The summed E-state index contributed by atoms with van der Waals surface area (Å²) in [6.07, 6.45) is 1.14. The second-order valence-electron chi connectivity index (χ2n) is 13.7. The normalized spacial score (nSPS) is 13.5. The first-order valence-corrected chi connectivity index (χ1v) is 19.7. The van der Waals surface area contributed by atoms with Crippen LogP contribution in [0, 0.1) is 0 Å². The largest absolute Gasteiger partial charge is 0.268 e. The van der Waals surface area contributed by atoms with Crippen molar-refractivity contribution >= 4 is 118 Å². The molecule has 0 amide bonds. The summed E-state index contributed by atoms with van der Waals surface area (Å²) >= 11 is 0. The van der Waals surface area contributed by atoms with Crippen LogP contribution in [0.4, 0.5) is 0 Å². The van der Waals surface area contributed by atoms with Gasteiger partial charge in [-0.2, -0.15) is 0 Å². The molecule has 0 radical (unpaired) electrons. The Morgan fingerprint density at radius 2 is 0.865 bits per heavy atom. The first kappa shape index (κ1) is 29.7. The van der Waals surface area contributed by atoms with Gasteiger partial charge in [-0.25, -0.2) is 31.1 Å². The van der Waals surface area contributed by atoms with Gasteiger partial charge in [0.2, 0.25) is 10.0 Å². The minimum Gasteiger partial charge on any atom is -0.268 e. The third-order valence-corrected chi connectivity index (χ3v) is 13.6. The van der Waals surface area contributed by atoms with Gasteiger partial charge in [0.05, 0.1) is 31.9 Å². The van der Waals surface area contributed by atoms with Crippen LogP contribution in [0.5, 0.6) is 0 Å². The monoisotopic (exact) mass is 721 g/mol. The van der Waals surface area contributed by atoms with Crippen molar-refractivity contribution in [1.29, 1.82) is 0 Å². The zero-order valence-electron chi connectivity index (χ0n) is 27.6. The van der Waals surface area contributed by atoms with Crippen LogP contribution in [0.1, 0.15) is 0 Å². The summed E-state index contributed by atoms with van der Waals surface area (Å²) < 4.78 is 54.7. The van der Waals surface area contributed by atoms with Crippen LogP contribution in [0.15, 0.2) is 104 Å². The van der Waals surface area contributed by atoms with Gasteiger partial charge >= 0.3 is 0 Å². The molecule has 7 aromatic carbocycles. The lowest BCUT2D eigenvalue weighted by molar-refractivity contribution is 0.521. The number of nitrogens with zero attached hydrogens (tertiary/aromatic N) is 5. The summed E-state index contributed by atoms with van der Waals surface area (Å²) in [6.45, 7) is 0. The fraction of sp³-hybridized carbons (Fsp3) is 0.0769. The molecule has 0 fully saturated rings. The molecule has 52 heavy (non-hydrogen) atoms. The number of hydrogen-bond donors (Lipinski definition) is 0. The van der Waals surface area contributed by atoms with Crippen LogP contribution in [-0.4, -0.2) is 60.3 Å². The Morgan fingerprint density at radius 1 is 0.500 bits per heavy atom. The molecule has 0 unspecified atom stereocenters. The Balaban J connectivity index is 1.27.